The van der Waals surface area contributed by atoms with Crippen LogP contribution in [0.3, 0.4) is 0 Å². The SMILES string of the molecule is CCC(C(=O)Nc1cc(-c2cccs2)nn1-c1nc(C)c(C)c(=O)[nH]1)c1ccccc1. The summed E-state index contributed by atoms with van der Waals surface area (Å²) in [6.45, 7) is 5.48. The zero-order valence-corrected chi connectivity index (χ0v) is 18.4. The Morgan fingerprint density at radius 2 is 1.97 bits per heavy atom. The zero-order chi connectivity index (χ0) is 22.0. The highest BCUT2D eigenvalue weighted by Crippen LogP contribution is 2.28. The molecule has 1 unspecified atom stereocenters. The van der Waals surface area contributed by atoms with Crippen molar-refractivity contribution in [2.24, 2.45) is 0 Å². The Labute approximate surface area is 183 Å². The van der Waals surface area contributed by atoms with Crippen LogP contribution in [0.4, 0.5) is 5.82 Å². The molecule has 1 amide bonds. The molecule has 2 N–H and O–H groups in total. The smallest absolute Gasteiger partial charge is 0.255 e. The van der Waals surface area contributed by atoms with Gasteiger partial charge in [0, 0.05) is 17.3 Å². The van der Waals surface area contributed by atoms with E-state index in [1.54, 1.807) is 31.3 Å². The molecule has 0 saturated heterocycles. The van der Waals surface area contributed by atoms with Gasteiger partial charge < -0.3 is 5.32 Å². The number of anilines is 1. The van der Waals surface area contributed by atoms with E-state index in [0.717, 1.165) is 10.4 Å². The number of rotatable bonds is 6. The summed E-state index contributed by atoms with van der Waals surface area (Å²) in [5.74, 6) is 0.272. The maximum Gasteiger partial charge on any atom is 0.255 e. The van der Waals surface area contributed by atoms with Gasteiger partial charge in [-0.25, -0.2) is 4.98 Å². The normalized spacial score (nSPS) is 12.0. The number of aryl methyl sites for hydroxylation is 1. The Kier molecular flexibility index (Phi) is 5.81. The summed E-state index contributed by atoms with van der Waals surface area (Å²) in [7, 11) is 0. The Hall–Kier alpha value is -3.52. The molecule has 7 nitrogen and oxygen atoms in total. The maximum atomic E-state index is 13.2. The van der Waals surface area contributed by atoms with Crippen LogP contribution in [0.15, 0.2) is 58.7 Å². The second-order valence-corrected chi connectivity index (χ2v) is 8.21. The number of nitrogens with zero attached hydrogens (tertiary/aromatic N) is 3. The Bertz CT molecular complexity index is 1260. The number of amides is 1. The van der Waals surface area contributed by atoms with Crippen molar-refractivity contribution in [3.05, 3.63) is 81.1 Å². The first-order valence-corrected chi connectivity index (χ1v) is 10.9. The van der Waals surface area contributed by atoms with Gasteiger partial charge in [-0.15, -0.1) is 11.3 Å². The molecule has 8 heteroatoms. The number of aromatic nitrogens is 4. The second kappa shape index (κ2) is 8.69. The summed E-state index contributed by atoms with van der Waals surface area (Å²) in [6, 6.07) is 15.4. The highest BCUT2D eigenvalue weighted by Gasteiger charge is 2.22. The second-order valence-electron chi connectivity index (χ2n) is 7.26. The molecule has 3 aromatic heterocycles. The number of hydrogen-bond acceptors (Lipinski definition) is 5. The van der Waals surface area contributed by atoms with Crippen LogP contribution < -0.4 is 10.9 Å². The molecule has 0 spiro atoms. The number of thiophene rings is 1. The lowest BCUT2D eigenvalue weighted by Gasteiger charge is -2.16. The van der Waals surface area contributed by atoms with Crippen molar-refractivity contribution in [3.8, 4) is 16.5 Å². The molecule has 0 bridgehead atoms. The van der Waals surface area contributed by atoms with E-state index >= 15 is 0 Å². The van der Waals surface area contributed by atoms with E-state index in [1.165, 1.54) is 4.68 Å². The number of carbonyl (C=O) groups is 1. The Balaban J connectivity index is 1.76. The summed E-state index contributed by atoms with van der Waals surface area (Å²) in [5, 5.41) is 9.59. The summed E-state index contributed by atoms with van der Waals surface area (Å²) in [6.07, 6.45) is 0.653. The van der Waals surface area contributed by atoms with Crippen molar-refractivity contribution in [2.75, 3.05) is 5.32 Å². The lowest BCUT2D eigenvalue weighted by Crippen LogP contribution is -2.24. The van der Waals surface area contributed by atoms with Crippen molar-refractivity contribution in [2.45, 2.75) is 33.1 Å². The van der Waals surface area contributed by atoms with Gasteiger partial charge in [-0.1, -0.05) is 43.3 Å². The largest absolute Gasteiger partial charge is 0.310 e. The summed E-state index contributed by atoms with van der Waals surface area (Å²) in [4.78, 5) is 33.7. The van der Waals surface area contributed by atoms with Gasteiger partial charge in [0.05, 0.1) is 10.8 Å². The molecule has 0 aliphatic heterocycles. The first kappa shape index (κ1) is 20.7. The topological polar surface area (TPSA) is 92.7 Å². The molecule has 158 valence electrons. The van der Waals surface area contributed by atoms with Crippen molar-refractivity contribution < 1.29 is 4.79 Å². The minimum absolute atomic E-state index is 0.140. The molecule has 1 atom stereocenters. The van der Waals surface area contributed by atoms with Crippen LogP contribution in [0.25, 0.3) is 16.5 Å². The summed E-state index contributed by atoms with van der Waals surface area (Å²) in [5.41, 5.74) is 2.57. The van der Waals surface area contributed by atoms with Crippen LogP contribution in [0.5, 0.6) is 0 Å². The quantitative estimate of drug-likeness (QED) is 0.470. The number of benzene rings is 1. The molecule has 3 heterocycles. The summed E-state index contributed by atoms with van der Waals surface area (Å²) >= 11 is 1.55. The van der Waals surface area contributed by atoms with E-state index < -0.39 is 0 Å². The van der Waals surface area contributed by atoms with Gasteiger partial charge in [0.15, 0.2) is 0 Å². The first-order valence-electron chi connectivity index (χ1n) is 10.1. The molecule has 0 saturated carbocycles. The minimum Gasteiger partial charge on any atom is -0.310 e. The van der Waals surface area contributed by atoms with Crippen LogP contribution in [-0.2, 0) is 4.79 Å². The molecule has 0 radical (unpaired) electrons. The van der Waals surface area contributed by atoms with Crippen molar-refractivity contribution in [1.29, 1.82) is 0 Å². The van der Waals surface area contributed by atoms with Crippen LogP contribution >= 0.6 is 11.3 Å². The number of H-pyrrole nitrogens is 1. The average Bonchev–Trinajstić information content (AvgIpc) is 3.43. The van der Waals surface area contributed by atoms with Crippen molar-refractivity contribution in [3.63, 3.8) is 0 Å². The van der Waals surface area contributed by atoms with E-state index in [4.69, 9.17) is 0 Å². The standard InChI is InChI=1S/C23H23N5O2S/c1-4-17(16-9-6-5-7-10-16)22(30)25-20-13-18(19-11-8-12-31-19)27-28(20)23-24-15(3)14(2)21(29)26-23/h5-13,17H,4H2,1-3H3,(H,25,30)(H,24,26,29). The molecule has 1 aromatic carbocycles. The van der Waals surface area contributed by atoms with E-state index in [0.29, 0.717) is 29.2 Å². The van der Waals surface area contributed by atoms with E-state index in [9.17, 15) is 9.59 Å². The van der Waals surface area contributed by atoms with E-state index in [1.807, 2.05) is 54.8 Å². The highest BCUT2D eigenvalue weighted by molar-refractivity contribution is 7.13. The Morgan fingerprint density at radius 1 is 1.19 bits per heavy atom. The maximum absolute atomic E-state index is 13.2. The van der Waals surface area contributed by atoms with E-state index in [2.05, 4.69) is 20.4 Å². The molecule has 0 aliphatic carbocycles. The van der Waals surface area contributed by atoms with Crippen LogP contribution in [0.1, 0.15) is 36.1 Å². The average molecular weight is 434 g/mol. The number of nitrogens with one attached hydrogen (secondary N) is 2. The fraction of sp³-hybridized carbons (Fsp3) is 0.217. The van der Waals surface area contributed by atoms with Crippen LogP contribution in [0.2, 0.25) is 0 Å². The van der Waals surface area contributed by atoms with Crippen LogP contribution in [0, 0.1) is 13.8 Å². The fourth-order valence-corrected chi connectivity index (χ4v) is 4.06. The predicted molar refractivity (Wildman–Crippen MR) is 123 cm³/mol. The van der Waals surface area contributed by atoms with Gasteiger partial charge in [0.2, 0.25) is 11.9 Å². The van der Waals surface area contributed by atoms with Gasteiger partial charge in [0.1, 0.15) is 11.5 Å². The van der Waals surface area contributed by atoms with E-state index in [-0.39, 0.29) is 23.3 Å². The molecule has 0 fully saturated rings. The summed E-state index contributed by atoms with van der Waals surface area (Å²) < 4.78 is 1.48. The third-order valence-corrected chi connectivity index (χ3v) is 6.14. The van der Waals surface area contributed by atoms with Crippen LogP contribution in [-0.4, -0.2) is 25.7 Å². The monoisotopic (exact) mass is 433 g/mol. The lowest BCUT2D eigenvalue weighted by atomic mass is 9.96. The number of carbonyl (C=O) groups excluding carboxylic acids is 1. The zero-order valence-electron chi connectivity index (χ0n) is 17.5. The molecule has 31 heavy (non-hydrogen) atoms. The first-order chi connectivity index (χ1) is 15.0. The molecule has 0 aliphatic rings. The lowest BCUT2D eigenvalue weighted by molar-refractivity contribution is -0.117. The van der Waals surface area contributed by atoms with Gasteiger partial charge in [-0.05, 0) is 37.3 Å². The van der Waals surface area contributed by atoms with Gasteiger partial charge in [0.25, 0.3) is 5.56 Å². The van der Waals surface area contributed by atoms with Gasteiger partial charge in [-0.3, -0.25) is 14.6 Å². The molecule has 4 rings (SSSR count). The number of aromatic amines is 1. The van der Waals surface area contributed by atoms with Crippen molar-refractivity contribution >= 4 is 23.1 Å². The van der Waals surface area contributed by atoms with Gasteiger partial charge in [-0.2, -0.15) is 9.78 Å². The Morgan fingerprint density at radius 3 is 2.61 bits per heavy atom. The van der Waals surface area contributed by atoms with Gasteiger partial charge >= 0.3 is 0 Å². The highest BCUT2D eigenvalue weighted by atomic mass is 32.1. The third-order valence-electron chi connectivity index (χ3n) is 5.24. The molecule has 4 aromatic rings. The fourth-order valence-electron chi connectivity index (χ4n) is 3.38. The predicted octanol–water partition coefficient (Wildman–Crippen LogP) is 4.43. The third kappa shape index (κ3) is 4.20. The van der Waals surface area contributed by atoms with Crippen molar-refractivity contribution in [1.82, 2.24) is 19.7 Å². The number of hydrogen-bond donors (Lipinski definition) is 2. The minimum atomic E-state index is -0.304. The molecular formula is C23H23N5O2S. The molecular weight excluding hydrogens is 410 g/mol.